The van der Waals surface area contributed by atoms with Crippen LogP contribution >= 0.6 is 0 Å². The van der Waals surface area contributed by atoms with Crippen molar-refractivity contribution >= 4 is 11.9 Å². The summed E-state index contributed by atoms with van der Waals surface area (Å²) < 4.78 is 5.41. The number of hydrogen-bond donors (Lipinski definition) is 0. The predicted octanol–water partition coefficient (Wildman–Crippen LogP) is 2.34. The quantitative estimate of drug-likeness (QED) is 0.784. The average Bonchev–Trinajstić information content (AvgIpc) is 2.86. The molecule has 0 spiro atoms. The summed E-state index contributed by atoms with van der Waals surface area (Å²) in [7, 11) is 0. The standard InChI is InChI=1S/C16H22N2O3/c1-11-7-8-12(10-17-11)14(19)18-9-5-6-13(18)15(20)21-16(2,3)4/h7-8,10,13H,5-6,9H2,1-4H3/t13-/m1/s1. The molecular weight excluding hydrogens is 268 g/mol. The lowest BCUT2D eigenvalue weighted by Gasteiger charge is -2.27. The van der Waals surface area contributed by atoms with Crippen LogP contribution in [0.2, 0.25) is 0 Å². The van der Waals surface area contributed by atoms with Crippen LogP contribution in [0.15, 0.2) is 18.3 Å². The molecule has 0 unspecified atom stereocenters. The summed E-state index contributed by atoms with van der Waals surface area (Å²) in [5.74, 6) is -0.482. The summed E-state index contributed by atoms with van der Waals surface area (Å²) in [6.07, 6.45) is 3.02. The number of nitrogens with zero attached hydrogens (tertiary/aromatic N) is 2. The number of aryl methyl sites for hydroxylation is 1. The molecule has 114 valence electrons. The summed E-state index contributed by atoms with van der Waals surface area (Å²) in [6.45, 7) is 7.94. The fourth-order valence-corrected chi connectivity index (χ4v) is 2.38. The Balaban J connectivity index is 2.13. The monoisotopic (exact) mass is 290 g/mol. The average molecular weight is 290 g/mol. The van der Waals surface area contributed by atoms with Crippen LogP contribution in [0.3, 0.4) is 0 Å². The predicted molar refractivity (Wildman–Crippen MR) is 78.9 cm³/mol. The van der Waals surface area contributed by atoms with Gasteiger partial charge in [-0.25, -0.2) is 4.79 Å². The van der Waals surface area contributed by atoms with Gasteiger partial charge in [-0.3, -0.25) is 9.78 Å². The smallest absolute Gasteiger partial charge is 0.329 e. The van der Waals surface area contributed by atoms with E-state index in [0.717, 1.165) is 12.1 Å². The SMILES string of the molecule is Cc1ccc(C(=O)N2CCC[C@@H]2C(=O)OC(C)(C)C)cn1. The minimum Gasteiger partial charge on any atom is -0.458 e. The first-order valence-corrected chi connectivity index (χ1v) is 7.24. The molecule has 5 nitrogen and oxygen atoms in total. The number of likely N-dealkylation sites (tertiary alicyclic amines) is 1. The van der Waals surface area contributed by atoms with Crippen molar-refractivity contribution in [3.63, 3.8) is 0 Å². The van der Waals surface area contributed by atoms with Crippen molar-refractivity contribution in [1.82, 2.24) is 9.88 Å². The Labute approximate surface area is 125 Å². The second-order valence-corrected chi connectivity index (χ2v) is 6.38. The molecule has 21 heavy (non-hydrogen) atoms. The lowest BCUT2D eigenvalue weighted by molar-refractivity contribution is -0.159. The number of ether oxygens (including phenoxy) is 1. The third-order valence-electron chi connectivity index (χ3n) is 3.35. The summed E-state index contributed by atoms with van der Waals surface area (Å²) in [4.78, 5) is 30.5. The first kappa shape index (κ1) is 15.5. The highest BCUT2D eigenvalue weighted by Crippen LogP contribution is 2.23. The maximum atomic E-state index is 12.5. The van der Waals surface area contributed by atoms with Gasteiger partial charge in [0.1, 0.15) is 11.6 Å². The third-order valence-corrected chi connectivity index (χ3v) is 3.35. The van der Waals surface area contributed by atoms with Crippen molar-refractivity contribution in [2.45, 2.75) is 52.2 Å². The molecular formula is C16H22N2O3. The second kappa shape index (κ2) is 5.84. The first-order chi connectivity index (χ1) is 9.78. The van der Waals surface area contributed by atoms with Crippen molar-refractivity contribution in [3.8, 4) is 0 Å². The summed E-state index contributed by atoms with van der Waals surface area (Å²) >= 11 is 0. The molecule has 0 radical (unpaired) electrons. The van der Waals surface area contributed by atoms with Crippen LogP contribution in [0.1, 0.15) is 49.7 Å². The molecule has 1 saturated heterocycles. The van der Waals surface area contributed by atoms with Gasteiger partial charge in [0.15, 0.2) is 0 Å². The van der Waals surface area contributed by atoms with Gasteiger partial charge in [0.2, 0.25) is 0 Å². The van der Waals surface area contributed by atoms with E-state index in [1.807, 2.05) is 27.7 Å². The van der Waals surface area contributed by atoms with E-state index in [2.05, 4.69) is 4.98 Å². The molecule has 0 saturated carbocycles. The molecule has 1 aromatic rings. The third kappa shape index (κ3) is 3.80. The van der Waals surface area contributed by atoms with Crippen molar-refractivity contribution in [3.05, 3.63) is 29.6 Å². The van der Waals surface area contributed by atoms with E-state index in [0.29, 0.717) is 18.5 Å². The number of rotatable bonds is 2. The lowest BCUT2D eigenvalue weighted by atomic mass is 10.1. The van der Waals surface area contributed by atoms with Gasteiger partial charge in [-0.1, -0.05) is 0 Å². The molecule has 0 aliphatic carbocycles. The second-order valence-electron chi connectivity index (χ2n) is 6.38. The zero-order chi connectivity index (χ0) is 15.6. The van der Waals surface area contributed by atoms with Crippen molar-refractivity contribution in [1.29, 1.82) is 0 Å². The van der Waals surface area contributed by atoms with Gasteiger partial charge in [-0.05, 0) is 52.7 Å². The zero-order valence-corrected chi connectivity index (χ0v) is 13.0. The highest BCUT2D eigenvalue weighted by molar-refractivity contribution is 5.97. The van der Waals surface area contributed by atoms with E-state index in [4.69, 9.17) is 4.74 Å². The number of esters is 1. The minimum atomic E-state index is -0.542. The van der Waals surface area contributed by atoms with Gasteiger partial charge in [0.25, 0.3) is 5.91 Å². The number of aromatic nitrogens is 1. The molecule has 5 heteroatoms. The van der Waals surface area contributed by atoms with Crippen molar-refractivity contribution < 1.29 is 14.3 Å². The van der Waals surface area contributed by atoms with Crippen LogP contribution in [-0.4, -0.2) is 39.9 Å². The molecule has 2 heterocycles. The van der Waals surface area contributed by atoms with Crippen LogP contribution in [0, 0.1) is 6.92 Å². The maximum absolute atomic E-state index is 12.5. The van der Waals surface area contributed by atoms with Gasteiger partial charge in [0.05, 0.1) is 5.56 Å². The van der Waals surface area contributed by atoms with Crippen LogP contribution in [-0.2, 0) is 9.53 Å². The highest BCUT2D eigenvalue weighted by Gasteiger charge is 2.37. The van der Waals surface area contributed by atoms with E-state index in [1.165, 1.54) is 0 Å². The summed E-state index contributed by atoms with van der Waals surface area (Å²) in [6, 6.07) is 3.05. The Morgan fingerprint density at radius 2 is 2.05 bits per heavy atom. The Morgan fingerprint density at radius 1 is 1.33 bits per heavy atom. The molecule has 2 rings (SSSR count). The molecule has 1 atom stereocenters. The van der Waals surface area contributed by atoms with Crippen LogP contribution in [0.25, 0.3) is 0 Å². The molecule has 0 aromatic carbocycles. The number of amides is 1. The number of hydrogen-bond acceptors (Lipinski definition) is 4. The molecule has 1 fully saturated rings. The van der Waals surface area contributed by atoms with Crippen LogP contribution < -0.4 is 0 Å². The topological polar surface area (TPSA) is 59.5 Å². The number of pyridine rings is 1. The normalized spacial score (nSPS) is 18.7. The van der Waals surface area contributed by atoms with Crippen molar-refractivity contribution in [2.24, 2.45) is 0 Å². The highest BCUT2D eigenvalue weighted by atomic mass is 16.6. The van der Waals surface area contributed by atoms with Gasteiger partial charge in [-0.2, -0.15) is 0 Å². The van der Waals surface area contributed by atoms with Gasteiger partial charge in [-0.15, -0.1) is 0 Å². The van der Waals surface area contributed by atoms with Gasteiger partial charge >= 0.3 is 5.97 Å². The van der Waals surface area contributed by atoms with Crippen LogP contribution in [0.5, 0.6) is 0 Å². The minimum absolute atomic E-state index is 0.157. The van der Waals surface area contributed by atoms with E-state index >= 15 is 0 Å². The van der Waals surface area contributed by atoms with E-state index in [-0.39, 0.29) is 11.9 Å². The molecule has 1 aromatic heterocycles. The van der Waals surface area contributed by atoms with Gasteiger partial charge in [0, 0.05) is 18.4 Å². The molecule has 1 aliphatic heterocycles. The molecule has 1 aliphatic rings. The first-order valence-electron chi connectivity index (χ1n) is 7.24. The van der Waals surface area contributed by atoms with Crippen molar-refractivity contribution in [2.75, 3.05) is 6.54 Å². The van der Waals surface area contributed by atoms with E-state index in [9.17, 15) is 9.59 Å². The Kier molecular flexibility index (Phi) is 4.30. The maximum Gasteiger partial charge on any atom is 0.329 e. The summed E-state index contributed by atoms with van der Waals surface area (Å²) in [5.41, 5.74) is 0.826. The number of carbonyl (C=O) groups is 2. The zero-order valence-electron chi connectivity index (χ0n) is 13.0. The molecule has 0 bridgehead atoms. The Bertz CT molecular complexity index is 531. The van der Waals surface area contributed by atoms with Gasteiger partial charge < -0.3 is 9.64 Å². The van der Waals surface area contributed by atoms with E-state index in [1.54, 1.807) is 23.2 Å². The fourth-order valence-electron chi connectivity index (χ4n) is 2.38. The number of carbonyl (C=O) groups excluding carboxylic acids is 2. The fraction of sp³-hybridized carbons (Fsp3) is 0.562. The lowest BCUT2D eigenvalue weighted by Crippen LogP contribution is -2.43. The molecule has 1 amide bonds. The molecule has 0 N–H and O–H groups in total. The Morgan fingerprint density at radius 3 is 2.62 bits per heavy atom. The largest absolute Gasteiger partial charge is 0.458 e. The summed E-state index contributed by atoms with van der Waals surface area (Å²) in [5, 5.41) is 0. The Hall–Kier alpha value is -1.91. The van der Waals surface area contributed by atoms with Crippen LogP contribution in [0.4, 0.5) is 0 Å². The van der Waals surface area contributed by atoms with E-state index < -0.39 is 11.6 Å².